The van der Waals surface area contributed by atoms with Gasteiger partial charge in [-0.05, 0) is 41.8 Å². The summed E-state index contributed by atoms with van der Waals surface area (Å²) in [5.74, 6) is 0.566. The van der Waals surface area contributed by atoms with E-state index in [1.807, 2.05) is 12.1 Å². The quantitative estimate of drug-likeness (QED) is 0.811. The Morgan fingerprint density at radius 2 is 1.74 bits per heavy atom. The molecule has 0 amide bonds. The van der Waals surface area contributed by atoms with Crippen molar-refractivity contribution in [1.82, 2.24) is 0 Å². The molecule has 0 saturated carbocycles. The average molecular weight is 316 g/mol. The van der Waals surface area contributed by atoms with E-state index in [-0.39, 0.29) is 30.1 Å². The Hall–Kier alpha value is -2.24. The van der Waals surface area contributed by atoms with Crippen molar-refractivity contribution in [2.75, 3.05) is 13.7 Å². The topological polar surface area (TPSA) is 79.2 Å². The molecule has 23 heavy (non-hydrogen) atoms. The number of hydrogen-bond acceptors (Lipinski definition) is 5. The third-order valence-corrected chi connectivity index (χ3v) is 4.30. The number of methoxy groups -OCH3 is 1. The highest BCUT2D eigenvalue weighted by Gasteiger charge is 2.32. The van der Waals surface area contributed by atoms with Crippen LogP contribution in [0.25, 0.3) is 0 Å². The summed E-state index contributed by atoms with van der Waals surface area (Å²) in [5, 5.41) is 29.4. The summed E-state index contributed by atoms with van der Waals surface area (Å²) >= 11 is 0. The molecule has 3 unspecified atom stereocenters. The van der Waals surface area contributed by atoms with E-state index in [1.54, 1.807) is 30.3 Å². The van der Waals surface area contributed by atoms with Crippen molar-refractivity contribution >= 4 is 0 Å². The number of hydrogen-bond donors (Lipinski definition) is 3. The van der Waals surface area contributed by atoms with Gasteiger partial charge in [0.2, 0.25) is 0 Å². The van der Waals surface area contributed by atoms with Gasteiger partial charge >= 0.3 is 0 Å². The zero-order chi connectivity index (χ0) is 16.4. The molecular formula is C18H20O5. The highest BCUT2D eigenvalue weighted by molar-refractivity contribution is 5.43. The number of aromatic hydroxyl groups is 2. The largest absolute Gasteiger partial charge is 0.508 e. The molecule has 2 aromatic rings. The van der Waals surface area contributed by atoms with E-state index in [9.17, 15) is 15.3 Å². The molecule has 1 aliphatic rings. The predicted molar refractivity (Wildman–Crippen MR) is 84.8 cm³/mol. The summed E-state index contributed by atoms with van der Waals surface area (Å²) in [6, 6.07) is 12.0. The summed E-state index contributed by atoms with van der Waals surface area (Å²) in [4.78, 5) is 0. The predicted octanol–water partition coefficient (Wildman–Crippen LogP) is 2.71. The molecule has 0 radical (unpaired) electrons. The van der Waals surface area contributed by atoms with Gasteiger partial charge in [0.15, 0.2) is 11.5 Å². The lowest BCUT2D eigenvalue weighted by molar-refractivity contribution is -0.0699. The van der Waals surface area contributed by atoms with Crippen LogP contribution in [0.5, 0.6) is 17.2 Å². The maximum absolute atomic E-state index is 10.3. The lowest BCUT2D eigenvalue weighted by Crippen LogP contribution is -2.32. The number of aliphatic hydroxyl groups is 1. The first-order chi connectivity index (χ1) is 11.1. The number of phenolic OH excluding ortho intramolecular Hbond substituents is 2. The fraction of sp³-hybridized carbons (Fsp3) is 0.333. The first-order valence-corrected chi connectivity index (χ1v) is 7.54. The summed E-state index contributed by atoms with van der Waals surface area (Å²) < 4.78 is 10.9. The SMILES string of the molecule is COc1cc(C2CC(c3ccc(O)cc3)OCC2O)ccc1O. The third-order valence-electron chi connectivity index (χ3n) is 4.30. The Morgan fingerprint density at radius 1 is 1.04 bits per heavy atom. The number of benzene rings is 2. The van der Waals surface area contributed by atoms with Crippen LogP contribution in [0.1, 0.15) is 29.6 Å². The molecule has 0 aliphatic carbocycles. The van der Waals surface area contributed by atoms with Crippen LogP contribution in [-0.2, 0) is 4.74 Å². The van der Waals surface area contributed by atoms with Crippen LogP contribution in [0, 0.1) is 0 Å². The van der Waals surface area contributed by atoms with Gasteiger partial charge in [-0.15, -0.1) is 0 Å². The third kappa shape index (κ3) is 3.25. The van der Waals surface area contributed by atoms with E-state index < -0.39 is 6.10 Å². The second-order valence-corrected chi connectivity index (χ2v) is 5.75. The Balaban J connectivity index is 1.84. The van der Waals surface area contributed by atoms with Gasteiger partial charge < -0.3 is 24.8 Å². The zero-order valence-corrected chi connectivity index (χ0v) is 12.8. The van der Waals surface area contributed by atoms with Gasteiger partial charge in [-0.1, -0.05) is 18.2 Å². The van der Waals surface area contributed by atoms with E-state index in [4.69, 9.17) is 9.47 Å². The summed E-state index contributed by atoms with van der Waals surface area (Å²) in [6.07, 6.45) is -0.152. The molecule has 3 atom stereocenters. The molecule has 2 aromatic carbocycles. The van der Waals surface area contributed by atoms with Crippen LogP contribution in [0.4, 0.5) is 0 Å². The fourth-order valence-corrected chi connectivity index (χ4v) is 2.99. The van der Waals surface area contributed by atoms with Gasteiger partial charge in [0.05, 0.1) is 25.9 Å². The maximum atomic E-state index is 10.3. The number of ether oxygens (including phenoxy) is 2. The van der Waals surface area contributed by atoms with Crippen molar-refractivity contribution in [3.8, 4) is 17.2 Å². The Morgan fingerprint density at radius 3 is 2.43 bits per heavy atom. The van der Waals surface area contributed by atoms with E-state index in [1.165, 1.54) is 7.11 Å². The fourth-order valence-electron chi connectivity index (χ4n) is 2.99. The van der Waals surface area contributed by atoms with Gasteiger partial charge in [0.1, 0.15) is 5.75 Å². The lowest BCUT2D eigenvalue weighted by Gasteiger charge is -2.34. The van der Waals surface area contributed by atoms with Gasteiger partial charge in [0.25, 0.3) is 0 Å². The standard InChI is InChI=1S/C18H20O5/c1-22-18-8-12(4-7-15(18)20)14-9-17(23-10-16(14)21)11-2-5-13(19)6-3-11/h2-8,14,16-17,19-21H,9-10H2,1H3. The maximum Gasteiger partial charge on any atom is 0.160 e. The molecule has 3 N–H and O–H groups in total. The first kappa shape index (κ1) is 15.6. The number of rotatable bonds is 3. The molecular weight excluding hydrogens is 296 g/mol. The Kier molecular flexibility index (Phi) is 4.41. The zero-order valence-electron chi connectivity index (χ0n) is 12.8. The number of aliphatic hydroxyl groups excluding tert-OH is 1. The molecule has 5 heteroatoms. The summed E-state index contributed by atoms with van der Waals surface area (Å²) in [5.41, 5.74) is 1.87. The second-order valence-electron chi connectivity index (χ2n) is 5.75. The molecule has 0 spiro atoms. The minimum Gasteiger partial charge on any atom is -0.508 e. The van der Waals surface area contributed by atoms with Gasteiger partial charge in [-0.2, -0.15) is 0 Å². The molecule has 5 nitrogen and oxygen atoms in total. The molecule has 0 bridgehead atoms. The molecule has 3 rings (SSSR count). The van der Waals surface area contributed by atoms with Crippen molar-refractivity contribution in [2.24, 2.45) is 0 Å². The molecule has 1 heterocycles. The molecule has 0 aromatic heterocycles. The van der Waals surface area contributed by atoms with E-state index in [0.717, 1.165) is 11.1 Å². The van der Waals surface area contributed by atoms with Crippen LogP contribution < -0.4 is 4.74 Å². The molecule has 1 saturated heterocycles. The van der Waals surface area contributed by atoms with Crippen LogP contribution in [0.2, 0.25) is 0 Å². The van der Waals surface area contributed by atoms with Gasteiger partial charge in [-0.3, -0.25) is 0 Å². The van der Waals surface area contributed by atoms with Crippen LogP contribution in [0.3, 0.4) is 0 Å². The molecule has 122 valence electrons. The monoisotopic (exact) mass is 316 g/mol. The van der Waals surface area contributed by atoms with Gasteiger partial charge in [0, 0.05) is 5.92 Å². The van der Waals surface area contributed by atoms with Crippen LogP contribution >= 0.6 is 0 Å². The first-order valence-electron chi connectivity index (χ1n) is 7.54. The normalized spacial score (nSPS) is 24.3. The van der Waals surface area contributed by atoms with E-state index >= 15 is 0 Å². The van der Waals surface area contributed by atoms with E-state index in [2.05, 4.69) is 0 Å². The van der Waals surface area contributed by atoms with Crippen molar-refractivity contribution in [1.29, 1.82) is 0 Å². The average Bonchev–Trinajstić information content (AvgIpc) is 2.57. The second kappa shape index (κ2) is 6.48. The van der Waals surface area contributed by atoms with Gasteiger partial charge in [-0.25, -0.2) is 0 Å². The minimum absolute atomic E-state index is 0.0767. The van der Waals surface area contributed by atoms with Crippen LogP contribution in [-0.4, -0.2) is 35.1 Å². The van der Waals surface area contributed by atoms with Crippen LogP contribution in [0.15, 0.2) is 42.5 Å². The highest BCUT2D eigenvalue weighted by atomic mass is 16.5. The smallest absolute Gasteiger partial charge is 0.160 e. The van der Waals surface area contributed by atoms with Crippen molar-refractivity contribution in [3.63, 3.8) is 0 Å². The minimum atomic E-state index is -0.613. The molecule has 1 aliphatic heterocycles. The summed E-state index contributed by atoms with van der Waals surface area (Å²) in [7, 11) is 1.50. The molecule has 1 fully saturated rings. The lowest BCUT2D eigenvalue weighted by atomic mass is 9.84. The highest BCUT2D eigenvalue weighted by Crippen LogP contribution is 2.40. The Bertz CT molecular complexity index is 668. The van der Waals surface area contributed by atoms with E-state index in [0.29, 0.717) is 12.2 Å². The summed E-state index contributed by atoms with van der Waals surface area (Å²) in [6.45, 7) is 0.236. The Labute approximate surface area is 134 Å². The van der Waals surface area contributed by atoms with Crippen molar-refractivity contribution in [3.05, 3.63) is 53.6 Å². The van der Waals surface area contributed by atoms with Crippen molar-refractivity contribution < 1.29 is 24.8 Å². The van der Waals surface area contributed by atoms with Crippen molar-refractivity contribution in [2.45, 2.75) is 24.5 Å². The number of phenols is 2.